The summed E-state index contributed by atoms with van der Waals surface area (Å²) < 4.78 is 0. The van der Waals surface area contributed by atoms with Gasteiger partial charge < -0.3 is 20.4 Å². The number of aliphatic imine (C=N–C) groups is 1. The first kappa shape index (κ1) is 22.5. The van der Waals surface area contributed by atoms with E-state index in [-0.39, 0.29) is 5.91 Å². The molecule has 8 heteroatoms. The third-order valence-corrected chi connectivity index (χ3v) is 4.96. The molecule has 31 heavy (non-hydrogen) atoms. The predicted molar refractivity (Wildman–Crippen MR) is 125 cm³/mol. The number of anilines is 2. The Kier molecular flexibility index (Phi) is 8.20. The minimum atomic E-state index is 0.0456. The molecule has 3 rings (SSSR count). The largest absolute Gasteiger partial charge is 0.357 e. The number of aromatic nitrogens is 2. The van der Waals surface area contributed by atoms with E-state index < -0.39 is 0 Å². The van der Waals surface area contributed by atoms with E-state index in [9.17, 15) is 4.79 Å². The topological polar surface area (TPSA) is 85.8 Å². The quantitative estimate of drug-likeness (QED) is 0.526. The normalized spacial score (nSPS) is 14.6. The lowest BCUT2D eigenvalue weighted by atomic mass is 10.1. The van der Waals surface area contributed by atoms with Gasteiger partial charge in [-0.3, -0.25) is 4.79 Å². The van der Waals surface area contributed by atoms with Crippen LogP contribution in [-0.4, -0.2) is 59.5 Å². The zero-order valence-electron chi connectivity index (χ0n) is 18.7. The van der Waals surface area contributed by atoms with Gasteiger partial charge >= 0.3 is 0 Å². The molecule has 166 valence electrons. The van der Waals surface area contributed by atoms with Crippen LogP contribution in [0, 0.1) is 5.92 Å². The van der Waals surface area contributed by atoms with Crippen LogP contribution in [0.5, 0.6) is 0 Å². The SMILES string of the molecule is CCNC(=NCc1cccc(NC(=O)CC(C)C)c1)N1CCN(c2ncccn2)CC1. The van der Waals surface area contributed by atoms with E-state index in [0.29, 0.717) is 18.9 Å². The molecule has 2 aromatic rings. The summed E-state index contributed by atoms with van der Waals surface area (Å²) in [5.74, 6) is 2.07. The number of benzene rings is 1. The van der Waals surface area contributed by atoms with Crippen molar-refractivity contribution in [3.8, 4) is 0 Å². The highest BCUT2D eigenvalue weighted by atomic mass is 16.1. The maximum absolute atomic E-state index is 12.1. The lowest BCUT2D eigenvalue weighted by Crippen LogP contribution is -2.52. The summed E-state index contributed by atoms with van der Waals surface area (Å²) in [6, 6.07) is 9.75. The molecule has 1 aliphatic rings. The van der Waals surface area contributed by atoms with Crippen LogP contribution >= 0.6 is 0 Å². The molecule has 0 atom stereocenters. The van der Waals surface area contributed by atoms with Crippen LogP contribution in [-0.2, 0) is 11.3 Å². The minimum absolute atomic E-state index is 0.0456. The summed E-state index contributed by atoms with van der Waals surface area (Å²) in [5.41, 5.74) is 1.88. The Hall–Kier alpha value is -3.16. The fraction of sp³-hybridized carbons (Fsp3) is 0.478. The average molecular weight is 424 g/mol. The Morgan fingerprint density at radius 2 is 1.87 bits per heavy atom. The highest BCUT2D eigenvalue weighted by Crippen LogP contribution is 2.14. The van der Waals surface area contributed by atoms with Crippen molar-refractivity contribution in [1.29, 1.82) is 0 Å². The molecule has 0 unspecified atom stereocenters. The van der Waals surface area contributed by atoms with E-state index in [1.54, 1.807) is 12.4 Å². The van der Waals surface area contributed by atoms with E-state index in [0.717, 1.165) is 55.9 Å². The second-order valence-corrected chi connectivity index (χ2v) is 8.04. The van der Waals surface area contributed by atoms with E-state index in [2.05, 4.69) is 37.3 Å². The van der Waals surface area contributed by atoms with Crippen molar-refractivity contribution in [3.05, 3.63) is 48.3 Å². The van der Waals surface area contributed by atoms with Gasteiger partial charge in [0.05, 0.1) is 6.54 Å². The third-order valence-electron chi connectivity index (χ3n) is 4.96. The molecule has 0 saturated carbocycles. The van der Waals surface area contributed by atoms with E-state index in [1.165, 1.54) is 0 Å². The summed E-state index contributed by atoms with van der Waals surface area (Å²) in [6.07, 6.45) is 4.08. The van der Waals surface area contributed by atoms with Crippen LogP contribution in [0.1, 0.15) is 32.8 Å². The van der Waals surface area contributed by atoms with E-state index >= 15 is 0 Å². The van der Waals surface area contributed by atoms with Crippen LogP contribution in [0.2, 0.25) is 0 Å². The molecule has 1 fully saturated rings. The molecule has 1 aromatic carbocycles. The summed E-state index contributed by atoms with van der Waals surface area (Å²) >= 11 is 0. The number of guanidine groups is 1. The summed E-state index contributed by atoms with van der Waals surface area (Å²) in [5, 5.41) is 6.38. The lowest BCUT2D eigenvalue weighted by molar-refractivity contribution is -0.116. The number of piperazine rings is 1. The van der Waals surface area contributed by atoms with Crippen LogP contribution in [0.15, 0.2) is 47.7 Å². The van der Waals surface area contributed by atoms with Gasteiger partial charge in [0.15, 0.2) is 5.96 Å². The predicted octanol–water partition coefficient (Wildman–Crippen LogP) is 2.75. The summed E-state index contributed by atoms with van der Waals surface area (Å²) in [6.45, 7) is 10.9. The maximum Gasteiger partial charge on any atom is 0.225 e. The number of nitrogens with one attached hydrogen (secondary N) is 2. The number of hydrogen-bond acceptors (Lipinski definition) is 5. The van der Waals surface area contributed by atoms with Crippen molar-refractivity contribution >= 4 is 23.5 Å². The Morgan fingerprint density at radius 3 is 2.55 bits per heavy atom. The van der Waals surface area contributed by atoms with Gasteiger partial charge in [0, 0.05) is 57.2 Å². The first-order chi connectivity index (χ1) is 15.0. The van der Waals surface area contributed by atoms with Crippen LogP contribution in [0.4, 0.5) is 11.6 Å². The molecule has 0 bridgehead atoms. The van der Waals surface area contributed by atoms with Gasteiger partial charge in [0.1, 0.15) is 0 Å². The Morgan fingerprint density at radius 1 is 1.13 bits per heavy atom. The zero-order chi connectivity index (χ0) is 22.1. The minimum Gasteiger partial charge on any atom is -0.357 e. The van der Waals surface area contributed by atoms with E-state index in [1.807, 2.05) is 44.2 Å². The highest BCUT2D eigenvalue weighted by Gasteiger charge is 2.21. The third kappa shape index (κ3) is 6.94. The lowest BCUT2D eigenvalue weighted by Gasteiger charge is -2.36. The van der Waals surface area contributed by atoms with Gasteiger partial charge in [-0.25, -0.2) is 15.0 Å². The van der Waals surface area contributed by atoms with Crippen LogP contribution < -0.4 is 15.5 Å². The zero-order valence-corrected chi connectivity index (χ0v) is 18.7. The maximum atomic E-state index is 12.1. The number of carbonyl (C=O) groups is 1. The molecule has 2 N–H and O–H groups in total. The van der Waals surface area contributed by atoms with Crippen molar-refractivity contribution in [1.82, 2.24) is 20.2 Å². The monoisotopic (exact) mass is 423 g/mol. The number of carbonyl (C=O) groups excluding carboxylic acids is 1. The number of hydrogen-bond donors (Lipinski definition) is 2. The Labute approximate surface area is 184 Å². The number of nitrogens with zero attached hydrogens (tertiary/aromatic N) is 5. The number of amides is 1. The summed E-state index contributed by atoms with van der Waals surface area (Å²) in [4.78, 5) is 30.1. The molecule has 1 aromatic heterocycles. The second kappa shape index (κ2) is 11.3. The van der Waals surface area contributed by atoms with Gasteiger partial charge in [-0.2, -0.15) is 0 Å². The fourth-order valence-electron chi connectivity index (χ4n) is 3.50. The second-order valence-electron chi connectivity index (χ2n) is 8.04. The highest BCUT2D eigenvalue weighted by molar-refractivity contribution is 5.90. The van der Waals surface area contributed by atoms with Crippen LogP contribution in [0.25, 0.3) is 0 Å². The smallest absolute Gasteiger partial charge is 0.225 e. The molecule has 1 amide bonds. The van der Waals surface area contributed by atoms with Crippen LogP contribution in [0.3, 0.4) is 0 Å². The molecular weight excluding hydrogens is 390 g/mol. The van der Waals surface area contributed by atoms with Gasteiger partial charge in [-0.15, -0.1) is 0 Å². The molecular formula is C23H33N7O. The first-order valence-corrected chi connectivity index (χ1v) is 11.0. The summed E-state index contributed by atoms with van der Waals surface area (Å²) in [7, 11) is 0. The molecule has 1 aliphatic heterocycles. The van der Waals surface area contributed by atoms with E-state index in [4.69, 9.17) is 4.99 Å². The van der Waals surface area contributed by atoms with Gasteiger partial charge in [-0.05, 0) is 36.6 Å². The molecule has 8 nitrogen and oxygen atoms in total. The average Bonchev–Trinajstić information content (AvgIpc) is 2.77. The molecule has 0 spiro atoms. The molecule has 1 saturated heterocycles. The standard InChI is InChI=1S/C23H33N7O/c1-4-24-22(29-11-13-30(14-12-29)23-25-9-6-10-26-23)27-17-19-7-5-8-20(16-19)28-21(31)15-18(2)3/h5-10,16,18H,4,11-15,17H2,1-3H3,(H,24,27)(H,28,31). The van der Waals surface area contributed by atoms with Gasteiger partial charge in [0.25, 0.3) is 0 Å². The molecule has 0 radical (unpaired) electrons. The van der Waals surface area contributed by atoms with Crippen molar-refractivity contribution in [2.24, 2.45) is 10.9 Å². The first-order valence-electron chi connectivity index (χ1n) is 11.0. The molecule has 0 aliphatic carbocycles. The van der Waals surface area contributed by atoms with Gasteiger partial charge in [-0.1, -0.05) is 26.0 Å². The molecule has 2 heterocycles. The van der Waals surface area contributed by atoms with Crippen molar-refractivity contribution in [2.75, 3.05) is 42.9 Å². The Balaban J connectivity index is 1.60. The fourth-order valence-corrected chi connectivity index (χ4v) is 3.50. The Bertz CT molecular complexity index is 861. The number of rotatable bonds is 7. The van der Waals surface area contributed by atoms with Crippen molar-refractivity contribution in [3.63, 3.8) is 0 Å². The van der Waals surface area contributed by atoms with Gasteiger partial charge in [0.2, 0.25) is 11.9 Å². The van der Waals surface area contributed by atoms with Crippen molar-refractivity contribution < 1.29 is 4.79 Å². The van der Waals surface area contributed by atoms with Crippen molar-refractivity contribution in [2.45, 2.75) is 33.7 Å².